The first-order chi connectivity index (χ1) is 12.5. The molecule has 136 valence electrons. The van der Waals surface area contributed by atoms with E-state index in [0.717, 1.165) is 22.0 Å². The van der Waals surface area contributed by atoms with Gasteiger partial charge in [-0.1, -0.05) is 15.9 Å². The van der Waals surface area contributed by atoms with Crippen molar-refractivity contribution in [2.24, 2.45) is 11.8 Å². The first-order valence-corrected chi connectivity index (χ1v) is 9.56. The number of rotatable bonds is 5. The molecule has 1 saturated carbocycles. The summed E-state index contributed by atoms with van der Waals surface area (Å²) in [6.45, 7) is 4.04. The number of carbonyl (C=O) groups excluding carboxylic acids is 1. The second kappa shape index (κ2) is 6.65. The van der Waals surface area contributed by atoms with Gasteiger partial charge in [-0.05, 0) is 55.5 Å². The lowest BCUT2D eigenvalue weighted by Gasteiger charge is -2.16. The number of hydrogen-bond donors (Lipinski definition) is 0. The number of esters is 1. The summed E-state index contributed by atoms with van der Waals surface area (Å²) in [5.74, 6) is 0.592. The van der Waals surface area contributed by atoms with Gasteiger partial charge in [-0.3, -0.25) is 4.79 Å². The van der Waals surface area contributed by atoms with E-state index in [1.165, 1.54) is 6.07 Å². The van der Waals surface area contributed by atoms with Gasteiger partial charge in [-0.15, -0.1) is 0 Å². The molecule has 4 atom stereocenters. The number of halogens is 2. The van der Waals surface area contributed by atoms with Crippen molar-refractivity contribution in [3.63, 3.8) is 0 Å². The van der Waals surface area contributed by atoms with Gasteiger partial charge in [-0.25, -0.2) is 9.37 Å². The van der Waals surface area contributed by atoms with Crippen LogP contribution in [0.15, 0.2) is 34.9 Å². The minimum absolute atomic E-state index is 0.0225. The molecule has 1 aromatic carbocycles. The summed E-state index contributed by atoms with van der Waals surface area (Å²) in [5.41, 5.74) is 2.75. The third kappa shape index (κ3) is 3.00. The van der Waals surface area contributed by atoms with E-state index in [9.17, 15) is 9.18 Å². The van der Waals surface area contributed by atoms with Crippen LogP contribution in [-0.4, -0.2) is 17.6 Å². The molecule has 0 saturated heterocycles. The molecule has 0 spiro atoms. The molecule has 0 N–H and O–H groups in total. The average molecular weight is 420 g/mol. The fourth-order valence-electron chi connectivity index (χ4n) is 3.96. The smallest absolute Gasteiger partial charge is 0.309 e. The van der Waals surface area contributed by atoms with Crippen LogP contribution in [0.25, 0.3) is 0 Å². The molecule has 26 heavy (non-hydrogen) atoms. The van der Waals surface area contributed by atoms with E-state index in [-0.39, 0.29) is 23.6 Å². The molecule has 4 nitrogen and oxygen atoms in total. The fraction of sp³-hybridized carbons (Fsp3) is 0.400. The largest absolute Gasteiger partial charge is 0.470 e. The molecule has 1 unspecified atom stereocenters. The highest BCUT2D eigenvalue weighted by Gasteiger charge is 2.60. The van der Waals surface area contributed by atoms with Gasteiger partial charge in [0.05, 0.1) is 12.5 Å². The van der Waals surface area contributed by atoms with Crippen molar-refractivity contribution < 1.29 is 18.7 Å². The van der Waals surface area contributed by atoms with Crippen molar-refractivity contribution >= 4 is 21.9 Å². The number of fused-ring (bicyclic) bond motifs is 3. The van der Waals surface area contributed by atoms with Gasteiger partial charge in [0.1, 0.15) is 11.9 Å². The topological polar surface area (TPSA) is 48.4 Å². The Kier molecular flexibility index (Phi) is 4.47. The van der Waals surface area contributed by atoms with Crippen molar-refractivity contribution in [2.45, 2.75) is 32.3 Å². The Balaban J connectivity index is 1.48. The third-order valence-corrected chi connectivity index (χ3v) is 5.73. The van der Waals surface area contributed by atoms with E-state index in [4.69, 9.17) is 9.47 Å². The van der Waals surface area contributed by atoms with E-state index >= 15 is 0 Å². The highest BCUT2D eigenvalue weighted by Crippen LogP contribution is 2.61. The number of aromatic nitrogens is 1. The van der Waals surface area contributed by atoms with Crippen LogP contribution in [-0.2, 0) is 16.0 Å². The number of hydrogen-bond acceptors (Lipinski definition) is 4. The number of benzene rings is 1. The van der Waals surface area contributed by atoms with Crippen LogP contribution in [0, 0.1) is 17.7 Å². The molecule has 0 bridgehead atoms. The van der Waals surface area contributed by atoms with E-state index in [1.807, 2.05) is 13.0 Å². The summed E-state index contributed by atoms with van der Waals surface area (Å²) < 4.78 is 25.8. The Morgan fingerprint density at radius 2 is 2.23 bits per heavy atom. The summed E-state index contributed by atoms with van der Waals surface area (Å²) in [5, 5.41) is 0. The van der Waals surface area contributed by atoms with Crippen molar-refractivity contribution in [3.05, 3.63) is 57.4 Å². The lowest BCUT2D eigenvalue weighted by atomic mass is 10.0. The van der Waals surface area contributed by atoms with Gasteiger partial charge >= 0.3 is 5.97 Å². The van der Waals surface area contributed by atoms with E-state index in [1.54, 1.807) is 25.3 Å². The van der Waals surface area contributed by atoms with Crippen LogP contribution >= 0.6 is 15.9 Å². The molecule has 4 rings (SSSR count). The SMILES string of the molecule is CCOC(=O)[C@H]1[C@@H]2Cc3cc(OC(C)c4cc(Br)ccc4F)ncc3[C@@H]21. The molecule has 0 radical (unpaired) electrons. The quantitative estimate of drug-likeness (QED) is 0.665. The molecule has 1 aromatic heterocycles. The van der Waals surface area contributed by atoms with Crippen LogP contribution in [0.2, 0.25) is 0 Å². The number of pyridine rings is 1. The molecule has 0 amide bonds. The van der Waals surface area contributed by atoms with Gasteiger partial charge in [0.25, 0.3) is 0 Å². The monoisotopic (exact) mass is 419 g/mol. The van der Waals surface area contributed by atoms with E-state index < -0.39 is 6.10 Å². The fourth-order valence-corrected chi connectivity index (χ4v) is 4.34. The predicted octanol–water partition coefficient (Wildman–Crippen LogP) is 4.57. The highest BCUT2D eigenvalue weighted by atomic mass is 79.9. The molecular formula is C20H19BrFNO3. The minimum atomic E-state index is -0.457. The predicted molar refractivity (Wildman–Crippen MR) is 97.4 cm³/mol. The van der Waals surface area contributed by atoms with Crippen LogP contribution in [0.5, 0.6) is 5.88 Å². The normalized spacial score (nSPS) is 23.8. The first-order valence-electron chi connectivity index (χ1n) is 8.76. The van der Waals surface area contributed by atoms with Gasteiger partial charge in [0, 0.05) is 28.2 Å². The molecule has 6 heteroatoms. The van der Waals surface area contributed by atoms with E-state index in [2.05, 4.69) is 20.9 Å². The number of ether oxygens (including phenoxy) is 2. The Bertz CT molecular complexity index is 872. The Morgan fingerprint density at radius 1 is 1.42 bits per heavy atom. The molecule has 1 fully saturated rings. The molecule has 1 heterocycles. The van der Waals surface area contributed by atoms with Gasteiger partial charge in [0.15, 0.2) is 0 Å². The maximum Gasteiger partial charge on any atom is 0.309 e. The van der Waals surface area contributed by atoms with Gasteiger partial charge < -0.3 is 9.47 Å². The molecule has 2 aliphatic carbocycles. The maximum absolute atomic E-state index is 14.0. The number of carbonyl (C=O) groups is 1. The third-order valence-electron chi connectivity index (χ3n) is 5.23. The summed E-state index contributed by atoms with van der Waals surface area (Å²) in [6, 6.07) is 6.70. The van der Waals surface area contributed by atoms with Gasteiger partial charge in [0.2, 0.25) is 5.88 Å². The lowest BCUT2D eigenvalue weighted by molar-refractivity contribution is -0.145. The zero-order valence-electron chi connectivity index (χ0n) is 14.5. The van der Waals surface area contributed by atoms with Crippen molar-refractivity contribution in [3.8, 4) is 5.88 Å². The second-order valence-electron chi connectivity index (χ2n) is 6.82. The second-order valence-corrected chi connectivity index (χ2v) is 7.73. The van der Waals surface area contributed by atoms with Crippen LogP contribution in [0.4, 0.5) is 4.39 Å². The molecule has 0 aliphatic heterocycles. The van der Waals surface area contributed by atoms with Crippen molar-refractivity contribution in [2.75, 3.05) is 6.61 Å². The first kappa shape index (κ1) is 17.5. The summed E-state index contributed by atoms with van der Waals surface area (Å²) in [4.78, 5) is 16.3. The summed E-state index contributed by atoms with van der Waals surface area (Å²) in [7, 11) is 0. The van der Waals surface area contributed by atoms with E-state index in [0.29, 0.717) is 24.0 Å². The Morgan fingerprint density at radius 3 is 3.00 bits per heavy atom. The maximum atomic E-state index is 14.0. The summed E-state index contributed by atoms with van der Waals surface area (Å²) >= 11 is 3.35. The summed E-state index contributed by atoms with van der Waals surface area (Å²) in [6.07, 6.45) is 2.17. The Hall–Kier alpha value is -1.95. The van der Waals surface area contributed by atoms with Crippen LogP contribution < -0.4 is 4.74 Å². The average Bonchev–Trinajstić information content (AvgIpc) is 3.19. The zero-order chi connectivity index (χ0) is 18.4. The van der Waals surface area contributed by atoms with Gasteiger partial charge in [-0.2, -0.15) is 0 Å². The van der Waals surface area contributed by atoms with Crippen LogP contribution in [0.1, 0.15) is 42.6 Å². The van der Waals surface area contributed by atoms with Crippen molar-refractivity contribution in [1.82, 2.24) is 4.98 Å². The molecule has 2 aliphatic rings. The number of nitrogens with zero attached hydrogens (tertiary/aromatic N) is 1. The van der Waals surface area contributed by atoms with Crippen LogP contribution in [0.3, 0.4) is 0 Å². The highest BCUT2D eigenvalue weighted by molar-refractivity contribution is 9.10. The standard InChI is InChI=1S/C20H19BrFNO3/c1-3-25-20(24)19-14-6-11-7-17(23-9-15(11)18(14)19)26-10(2)13-8-12(21)4-5-16(13)22/h4-5,7-10,14,18-19H,3,6H2,1-2H3/t10?,14-,18-,19+/m1/s1. The van der Waals surface area contributed by atoms with Crippen molar-refractivity contribution in [1.29, 1.82) is 0 Å². The minimum Gasteiger partial charge on any atom is -0.470 e. The zero-order valence-corrected chi connectivity index (χ0v) is 16.1. The molecule has 2 aromatic rings. The molecular weight excluding hydrogens is 401 g/mol. The lowest BCUT2D eigenvalue weighted by Crippen LogP contribution is -2.11. The Labute approximate surface area is 159 Å².